The van der Waals surface area contributed by atoms with Gasteiger partial charge >= 0.3 is 0 Å². The van der Waals surface area contributed by atoms with Crippen LogP contribution >= 0.6 is 0 Å². The minimum atomic E-state index is 0.319. The fourth-order valence-electron chi connectivity index (χ4n) is 0.941. The highest BCUT2D eigenvalue weighted by molar-refractivity contribution is 5.54. The summed E-state index contributed by atoms with van der Waals surface area (Å²) in [6.45, 7) is 1.81. The summed E-state index contributed by atoms with van der Waals surface area (Å²) in [5.74, 6) is 0.319. The quantitative estimate of drug-likeness (QED) is 0.467. The van der Waals surface area contributed by atoms with Gasteiger partial charge in [0.15, 0.2) is 0 Å². The van der Waals surface area contributed by atoms with Crippen LogP contribution in [0.15, 0.2) is 12.2 Å². The monoisotopic (exact) mass is 168 g/mol. The fraction of sp³-hybridized carbons (Fsp3) is 0.600. The maximum atomic E-state index is 10.1. The first-order valence-electron chi connectivity index (χ1n) is 4.39. The molecule has 2 heteroatoms. The van der Waals surface area contributed by atoms with Gasteiger partial charge in [0.25, 0.3) is 0 Å². The van der Waals surface area contributed by atoms with E-state index < -0.39 is 0 Å². The van der Waals surface area contributed by atoms with Crippen LogP contribution in [-0.2, 0) is 9.59 Å². The Morgan fingerprint density at radius 2 is 2.08 bits per heavy atom. The lowest BCUT2D eigenvalue weighted by Crippen LogP contribution is -2.02. The van der Waals surface area contributed by atoms with Gasteiger partial charge < -0.3 is 9.59 Å². The molecule has 0 amide bonds. The molecule has 12 heavy (non-hydrogen) atoms. The number of hydrogen-bond donors (Lipinski definition) is 0. The first kappa shape index (κ1) is 11.1. The van der Waals surface area contributed by atoms with Crippen LogP contribution in [0.2, 0.25) is 0 Å². The molecule has 0 aromatic heterocycles. The molecule has 0 fully saturated rings. The molecule has 1 unspecified atom stereocenters. The second-order valence-electron chi connectivity index (χ2n) is 2.76. The molecule has 0 bridgehead atoms. The van der Waals surface area contributed by atoms with E-state index in [2.05, 4.69) is 12.2 Å². The van der Waals surface area contributed by atoms with Crippen molar-refractivity contribution in [1.29, 1.82) is 0 Å². The predicted molar refractivity (Wildman–Crippen MR) is 48.9 cm³/mol. The third kappa shape index (κ3) is 5.83. The summed E-state index contributed by atoms with van der Waals surface area (Å²) in [7, 11) is 0. The molecule has 0 aromatic rings. The molecule has 1 aliphatic carbocycles. The van der Waals surface area contributed by atoms with E-state index in [0.29, 0.717) is 12.3 Å². The Balaban J connectivity index is 0.000000261. The summed E-state index contributed by atoms with van der Waals surface area (Å²) in [6.07, 6.45) is 9.90. The minimum Gasteiger partial charge on any atom is -0.303 e. The van der Waals surface area contributed by atoms with Crippen molar-refractivity contribution in [3.63, 3.8) is 0 Å². The lowest BCUT2D eigenvalue weighted by molar-refractivity contribution is -0.111. The number of aldehydes is 2. The van der Waals surface area contributed by atoms with E-state index in [0.717, 1.165) is 31.8 Å². The van der Waals surface area contributed by atoms with E-state index in [9.17, 15) is 9.59 Å². The smallest absolute Gasteiger partial charge is 0.123 e. The van der Waals surface area contributed by atoms with Crippen molar-refractivity contribution in [2.45, 2.75) is 32.6 Å². The van der Waals surface area contributed by atoms with Crippen molar-refractivity contribution in [3.8, 4) is 0 Å². The Morgan fingerprint density at radius 3 is 2.33 bits per heavy atom. The lowest BCUT2D eigenvalue weighted by Gasteiger charge is -2.08. The van der Waals surface area contributed by atoms with Crippen molar-refractivity contribution < 1.29 is 9.59 Å². The minimum absolute atomic E-state index is 0.319. The zero-order valence-electron chi connectivity index (χ0n) is 7.53. The van der Waals surface area contributed by atoms with Crippen LogP contribution in [0.25, 0.3) is 0 Å². The van der Waals surface area contributed by atoms with Gasteiger partial charge in [0.1, 0.15) is 12.6 Å². The zero-order valence-corrected chi connectivity index (χ0v) is 7.53. The summed E-state index contributed by atoms with van der Waals surface area (Å²) in [4.78, 5) is 19.3. The van der Waals surface area contributed by atoms with Crippen molar-refractivity contribution in [3.05, 3.63) is 12.2 Å². The van der Waals surface area contributed by atoms with Crippen LogP contribution in [0.4, 0.5) is 0 Å². The van der Waals surface area contributed by atoms with E-state index in [4.69, 9.17) is 0 Å². The molecule has 2 nitrogen and oxygen atoms in total. The summed E-state index contributed by atoms with van der Waals surface area (Å²) in [5.41, 5.74) is 0. The van der Waals surface area contributed by atoms with Crippen molar-refractivity contribution in [1.82, 2.24) is 0 Å². The van der Waals surface area contributed by atoms with Crippen LogP contribution in [0.3, 0.4) is 0 Å². The van der Waals surface area contributed by atoms with Gasteiger partial charge in [0, 0.05) is 12.3 Å². The Kier molecular flexibility index (Phi) is 7.55. The maximum Gasteiger partial charge on any atom is 0.123 e. The van der Waals surface area contributed by atoms with Crippen molar-refractivity contribution in [2.24, 2.45) is 5.92 Å². The SMILES string of the molecule is CCC=O.O=CC1CC=CCC1. The van der Waals surface area contributed by atoms with Gasteiger partial charge in [-0.25, -0.2) is 0 Å². The van der Waals surface area contributed by atoms with Crippen LogP contribution in [-0.4, -0.2) is 12.6 Å². The first-order chi connectivity index (χ1) is 5.85. The highest BCUT2D eigenvalue weighted by atomic mass is 16.1. The number of allylic oxidation sites excluding steroid dienone is 2. The summed E-state index contributed by atoms with van der Waals surface area (Å²) in [5, 5.41) is 0. The standard InChI is InChI=1S/C7H10O.C3H6O/c8-6-7-4-2-1-3-5-7;1-2-3-4/h1-2,6-7H,3-5H2;3H,2H2,1H3. The normalized spacial score (nSPS) is 20.6. The number of rotatable bonds is 2. The van der Waals surface area contributed by atoms with E-state index in [-0.39, 0.29) is 0 Å². The van der Waals surface area contributed by atoms with Crippen LogP contribution in [0, 0.1) is 5.92 Å². The largest absolute Gasteiger partial charge is 0.303 e. The van der Waals surface area contributed by atoms with E-state index in [1.165, 1.54) is 0 Å². The van der Waals surface area contributed by atoms with Crippen LogP contribution < -0.4 is 0 Å². The fourth-order valence-corrected chi connectivity index (χ4v) is 0.941. The molecule has 0 spiro atoms. The maximum absolute atomic E-state index is 10.1. The highest BCUT2D eigenvalue weighted by Gasteiger charge is 2.05. The Morgan fingerprint density at radius 1 is 1.42 bits per heavy atom. The number of hydrogen-bond acceptors (Lipinski definition) is 2. The third-order valence-electron chi connectivity index (χ3n) is 1.67. The van der Waals surface area contributed by atoms with Crippen LogP contribution in [0.5, 0.6) is 0 Å². The van der Waals surface area contributed by atoms with Crippen molar-refractivity contribution in [2.75, 3.05) is 0 Å². The summed E-state index contributed by atoms with van der Waals surface area (Å²) in [6, 6.07) is 0. The lowest BCUT2D eigenvalue weighted by atomic mass is 9.96. The molecule has 0 N–H and O–H groups in total. The predicted octanol–water partition coefficient (Wildman–Crippen LogP) is 2.14. The highest BCUT2D eigenvalue weighted by Crippen LogP contribution is 2.14. The molecule has 0 saturated carbocycles. The van der Waals surface area contributed by atoms with Crippen molar-refractivity contribution >= 4 is 12.6 Å². The molecule has 0 saturated heterocycles. The zero-order chi connectivity index (χ0) is 9.23. The molecule has 1 atom stereocenters. The average Bonchev–Trinajstić information content (AvgIpc) is 2.19. The van der Waals surface area contributed by atoms with Gasteiger partial charge in [-0.1, -0.05) is 19.1 Å². The van der Waals surface area contributed by atoms with E-state index >= 15 is 0 Å². The average molecular weight is 168 g/mol. The van der Waals surface area contributed by atoms with Gasteiger partial charge in [0.2, 0.25) is 0 Å². The van der Waals surface area contributed by atoms with Crippen LogP contribution in [0.1, 0.15) is 32.6 Å². The Bertz CT molecular complexity index is 150. The molecule has 0 aliphatic heterocycles. The second-order valence-corrected chi connectivity index (χ2v) is 2.76. The number of carbonyl (C=O) groups excluding carboxylic acids is 2. The Labute approximate surface area is 73.7 Å². The molecular formula is C10H16O2. The molecule has 1 aliphatic rings. The van der Waals surface area contributed by atoms with E-state index in [1.54, 1.807) is 0 Å². The molecular weight excluding hydrogens is 152 g/mol. The van der Waals surface area contributed by atoms with Gasteiger partial charge in [-0.05, 0) is 19.3 Å². The summed E-state index contributed by atoms with van der Waals surface area (Å²) < 4.78 is 0. The van der Waals surface area contributed by atoms with E-state index in [1.807, 2.05) is 6.92 Å². The molecule has 0 heterocycles. The number of carbonyl (C=O) groups is 2. The first-order valence-corrected chi connectivity index (χ1v) is 4.39. The second kappa shape index (κ2) is 8.18. The summed E-state index contributed by atoms with van der Waals surface area (Å²) >= 11 is 0. The Hall–Kier alpha value is -0.920. The molecule has 0 radical (unpaired) electrons. The topological polar surface area (TPSA) is 34.1 Å². The molecule has 68 valence electrons. The molecule has 1 rings (SSSR count). The van der Waals surface area contributed by atoms with Gasteiger partial charge in [-0.2, -0.15) is 0 Å². The van der Waals surface area contributed by atoms with Gasteiger partial charge in [-0.15, -0.1) is 0 Å². The molecule has 0 aromatic carbocycles. The van der Waals surface area contributed by atoms with Gasteiger partial charge in [0.05, 0.1) is 0 Å². The third-order valence-corrected chi connectivity index (χ3v) is 1.67. The van der Waals surface area contributed by atoms with Gasteiger partial charge in [-0.3, -0.25) is 0 Å².